The van der Waals surface area contributed by atoms with Crippen LogP contribution in [-0.4, -0.2) is 49.6 Å². The van der Waals surface area contributed by atoms with E-state index in [1.807, 2.05) is 56.6 Å². The Morgan fingerprint density at radius 3 is 2.31 bits per heavy atom. The molecule has 35 heavy (non-hydrogen) atoms. The van der Waals surface area contributed by atoms with Crippen LogP contribution < -0.4 is 15.5 Å². The molecule has 180 valence electrons. The highest BCUT2D eigenvalue weighted by Crippen LogP contribution is 2.39. The molecule has 1 aliphatic heterocycles. The fourth-order valence-electron chi connectivity index (χ4n) is 4.05. The fraction of sp³-hybridized carbons (Fsp3) is 0.185. The van der Waals surface area contributed by atoms with Crippen LogP contribution >= 0.6 is 11.6 Å². The van der Waals surface area contributed by atoms with E-state index in [9.17, 15) is 9.59 Å². The van der Waals surface area contributed by atoms with Crippen LogP contribution in [0.3, 0.4) is 0 Å². The van der Waals surface area contributed by atoms with Crippen molar-refractivity contribution < 1.29 is 14.7 Å². The minimum atomic E-state index is -0.906. The van der Waals surface area contributed by atoms with E-state index < -0.39 is 5.97 Å². The van der Waals surface area contributed by atoms with Gasteiger partial charge in [0.2, 0.25) is 0 Å². The Hall–Kier alpha value is -3.81. The van der Waals surface area contributed by atoms with Crippen LogP contribution in [-0.2, 0) is 16.1 Å². The minimum absolute atomic E-state index is 0.110. The number of nitrogens with one attached hydrogen (secondary N) is 2. The molecule has 0 fully saturated rings. The number of carboxylic acid groups (broad SMARTS) is 1. The van der Waals surface area contributed by atoms with E-state index in [4.69, 9.17) is 16.7 Å². The van der Waals surface area contributed by atoms with Crippen molar-refractivity contribution in [1.29, 1.82) is 0 Å². The lowest BCUT2D eigenvalue weighted by atomic mass is 9.99. The molecule has 0 atom stereocenters. The van der Waals surface area contributed by atoms with Crippen LogP contribution in [0.5, 0.6) is 0 Å². The Balaban J connectivity index is 1.76. The number of carboxylic acids is 1. The molecule has 4 rings (SSSR count). The predicted octanol–water partition coefficient (Wildman–Crippen LogP) is 4.85. The number of fused-ring (bicyclic) bond motifs is 1. The average Bonchev–Trinajstić information content (AvgIpc) is 3.12. The van der Waals surface area contributed by atoms with Crippen LogP contribution in [0.15, 0.2) is 66.7 Å². The van der Waals surface area contributed by atoms with Gasteiger partial charge in [0.25, 0.3) is 5.91 Å². The first-order valence-electron chi connectivity index (χ1n) is 11.1. The summed E-state index contributed by atoms with van der Waals surface area (Å²) in [5.41, 5.74) is 6.17. The number of carbonyl (C=O) groups is 2. The summed E-state index contributed by atoms with van der Waals surface area (Å²) >= 11 is 6.15. The number of aliphatic carboxylic acids is 1. The lowest BCUT2D eigenvalue weighted by Gasteiger charge is -2.19. The van der Waals surface area contributed by atoms with Gasteiger partial charge in [-0.05, 0) is 61.6 Å². The zero-order valence-corrected chi connectivity index (χ0v) is 20.6. The number of likely N-dealkylation sites (N-methyl/N-ethyl adjacent to an activating group) is 1. The topological polar surface area (TPSA) is 84.9 Å². The third-order valence-corrected chi connectivity index (χ3v) is 5.90. The van der Waals surface area contributed by atoms with E-state index in [2.05, 4.69) is 27.7 Å². The fourth-order valence-corrected chi connectivity index (χ4v) is 4.22. The van der Waals surface area contributed by atoms with Crippen LogP contribution in [0.1, 0.15) is 16.7 Å². The number of anilines is 3. The SMILES string of the molecule is CN(C)Cc1ccc(N/C(=C2\C(=O)Nc3cc(Cl)ccc32)c2ccc(N(C)CC(=O)O)cc2)cc1. The summed E-state index contributed by atoms with van der Waals surface area (Å²) in [7, 11) is 5.77. The monoisotopic (exact) mass is 490 g/mol. The number of carbonyl (C=O) groups excluding carboxylic acids is 1. The molecule has 1 amide bonds. The zero-order chi connectivity index (χ0) is 25.1. The molecule has 8 heteroatoms. The van der Waals surface area contributed by atoms with Crippen molar-refractivity contribution in [2.75, 3.05) is 43.2 Å². The van der Waals surface area contributed by atoms with Crippen molar-refractivity contribution in [1.82, 2.24) is 4.90 Å². The minimum Gasteiger partial charge on any atom is -0.480 e. The molecule has 0 spiro atoms. The van der Waals surface area contributed by atoms with E-state index >= 15 is 0 Å². The zero-order valence-electron chi connectivity index (χ0n) is 19.8. The van der Waals surface area contributed by atoms with Gasteiger partial charge in [0.05, 0.1) is 17.0 Å². The standard InChI is InChI=1S/C27H27ClN4O3/c1-31(2)15-17-4-9-20(10-5-17)29-26(18-6-11-21(12-7-18)32(3)16-24(33)34)25-22-13-8-19(28)14-23(22)30-27(25)35/h4-14,29H,15-16H2,1-3H3,(H,30,35)(H,33,34)/b26-25-. The highest BCUT2D eigenvalue weighted by atomic mass is 35.5. The Labute approximate surface area is 209 Å². The first-order chi connectivity index (χ1) is 16.7. The largest absolute Gasteiger partial charge is 0.480 e. The van der Waals surface area contributed by atoms with Gasteiger partial charge in [0, 0.05) is 35.6 Å². The maximum Gasteiger partial charge on any atom is 0.323 e. The summed E-state index contributed by atoms with van der Waals surface area (Å²) in [6.45, 7) is 0.720. The molecule has 3 aromatic rings. The van der Waals surface area contributed by atoms with E-state index in [1.54, 1.807) is 24.1 Å². The molecule has 0 unspecified atom stereocenters. The Bertz CT molecular complexity index is 1280. The van der Waals surface area contributed by atoms with Crippen molar-refractivity contribution in [3.05, 3.63) is 88.4 Å². The van der Waals surface area contributed by atoms with Gasteiger partial charge < -0.3 is 25.5 Å². The molecule has 1 aliphatic rings. The van der Waals surface area contributed by atoms with E-state index in [0.717, 1.165) is 29.0 Å². The number of rotatable bonds is 8. The molecule has 7 nitrogen and oxygen atoms in total. The lowest BCUT2D eigenvalue weighted by Crippen LogP contribution is -2.24. The Morgan fingerprint density at radius 1 is 1.00 bits per heavy atom. The second-order valence-corrected chi connectivity index (χ2v) is 9.19. The van der Waals surface area contributed by atoms with E-state index in [-0.39, 0.29) is 12.5 Å². The second kappa shape index (κ2) is 10.2. The molecule has 0 saturated carbocycles. The van der Waals surface area contributed by atoms with Crippen LogP contribution in [0.2, 0.25) is 5.02 Å². The second-order valence-electron chi connectivity index (χ2n) is 8.75. The van der Waals surface area contributed by atoms with Crippen LogP contribution in [0.25, 0.3) is 11.3 Å². The summed E-state index contributed by atoms with van der Waals surface area (Å²) in [5, 5.41) is 16.0. The van der Waals surface area contributed by atoms with E-state index in [0.29, 0.717) is 22.0 Å². The number of benzene rings is 3. The highest BCUT2D eigenvalue weighted by molar-refractivity contribution is 6.38. The van der Waals surface area contributed by atoms with Gasteiger partial charge in [-0.3, -0.25) is 9.59 Å². The first-order valence-corrected chi connectivity index (χ1v) is 11.5. The molecular formula is C27H27ClN4O3. The van der Waals surface area contributed by atoms with Crippen molar-refractivity contribution in [2.24, 2.45) is 0 Å². The summed E-state index contributed by atoms with van der Waals surface area (Å²) in [6.07, 6.45) is 0. The maximum atomic E-state index is 13.1. The number of nitrogens with zero attached hydrogens (tertiary/aromatic N) is 2. The number of halogens is 1. The number of amides is 1. The Morgan fingerprint density at radius 2 is 1.69 bits per heavy atom. The van der Waals surface area contributed by atoms with Crippen molar-refractivity contribution in [3.8, 4) is 0 Å². The average molecular weight is 491 g/mol. The molecule has 1 heterocycles. The molecule has 3 aromatic carbocycles. The summed E-state index contributed by atoms with van der Waals surface area (Å²) < 4.78 is 0. The molecule has 3 N–H and O–H groups in total. The van der Waals surface area contributed by atoms with Gasteiger partial charge in [0.1, 0.15) is 6.54 Å². The Kier molecular flexibility index (Phi) is 7.10. The normalized spacial score (nSPS) is 13.9. The molecule has 0 aliphatic carbocycles. The van der Waals surface area contributed by atoms with Crippen LogP contribution in [0, 0.1) is 0 Å². The summed E-state index contributed by atoms with van der Waals surface area (Å²) in [4.78, 5) is 27.9. The smallest absolute Gasteiger partial charge is 0.323 e. The lowest BCUT2D eigenvalue weighted by molar-refractivity contribution is -0.135. The van der Waals surface area contributed by atoms with Crippen molar-refractivity contribution in [2.45, 2.75) is 6.54 Å². The molecule has 0 saturated heterocycles. The van der Waals surface area contributed by atoms with Crippen molar-refractivity contribution in [3.63, 3.8) is 0 Å². The maximum absolute atomic E-state index is 13.1. The van der Waals surface area contributed by atoms with Gasteiger partial charge in [-0.2, -0.15) is 0 Å². The van der Waals surface area contributed by atoms with Gasteiger partial charge in [-0.25, -0.2) is 0 Å². The summed E-state index contributed by atoms with van der Waals surface area (Å²) in [5.74, 6) is -1.13. The predicted molar refractivity (Wildman–Crippen MR) is 142 cm³/mol. The van der Waals surface area contributed by atoms with Gasteiger partial charge in [-0.15, -0.1) is 0 Å². The third-order valence-electron chi connectivity index (χ3n) is 5.67. The van der Waals surface area contributed by atoms with Crippen LogP contribution in [0.4, 0.5) is 17.1 Å². The van der Waals surface area contributed by atoms with E-state index in [1.165, 1.54) is 5.56 Å². The summed E-state index contributed by atoms with van der Waals surface area (Å²) in [6, 6.07) is 20.9. The molecular weight excluding hydrogens is 464 g/mol. The first kappa shape index (κ1) is 24.3. The molecule has 0 radical (unpaired) electrons. The molecule has 0 aromatic heterocycles. The molecule has 0 bridgehead atoms. The van der Waals surface area contributed by atoms with Gasteiger partial charge in [0.15, 0.2) is 0 Å². The quantitative estimate of drug-likeness (QED) is 0.391. The third kappa shape index (κ3) is 5.65. The highest BCUT2D eigenvalue weighted by Gasteiger charge is 2.28. The number of hydrogen-bond donors (Lipinski definition) is 3. The van der Waals surface area contributed by atoms with Gasteiger partial charge >= 0.3 is 5.97 Å². The van der Waals surface area contributed by atoms with Gasteiger partial charge in [-0.1, -0.05) is 41.9 Å². The number of hydrogen-bond acceptors (Lipinski definition) is 5. The van der Waals surface area contributed by atoms with Crippen molar-refractivity contribution >= 4 is 51.8 Å².